The van der Waals surface area contributed by atoms with Gasteiger partial charge in [-0.3, -0.25) is 4.99 Å². The lowest BCUT2D eigenvalue weighted by Gasteiger charge is -2.24. The zero-order valence-electron chi connectivity index (χ0n) is 16.5. The van der Waals surface area contributed by atoms with Crippen LogP contribution in [-0.4, -0.2) is 61.6 Å². The summed E-state index contributed by atoms with van der Waals surface area (Å²) in [7, 11) is 0. The van der Waals surface area contributed by atoms with Crippen LogP contribution in [0.3, 0.4) is 0 Å². The summed E-state index contributed by atoms with van der Waals surface area (Å²) >= 11 is 0. The third kappa shape index (κ3) is 8.05. The number of hydrogen-bond donors (Lipinski definition) is 1. The fourth-order valence-corrected chi connectivity index (χ4v) is 3.24. The van der Waals surface area contributed by atoms with Crippen molar-refractivity contribution in [2.45, 2.75) is 60.8 Å². The zero-order valence-corrected chi connectivity index (χ0v) is 16.5. The lowest BCUT2D eigenvalue weighted by Crippen LogP contribution is -2.41. The zero-order chi connectivity index (χ0) is 17.3. The average molecular weight is 325 g/mol. The quantitative estimate of drug-likeness (QED) is 0.421. The van der Waals surface area contributed by atoms with Gasteiger partial charge < -0.3 is 15.1 Å². The lowest BCUT2D eigenvalue weighted by atomic mass is 9.91. The van der Waals surface area contributed by atoms with Crippen molar-refractivity contribution in [1.82, 2.24) is 15.1 Å². The molecule has 0 aliphatic carbocycles. The van der Waals surface area contributed by atoms with Crippen molar-refractivity contribution in [2.75, 3.05) is 45.8 Å². The number of hydrogen-bond acceptors (Lipinski definition) is 2. The van der Waals surface area contributed by atoms with Gasteiger partial charge in [-0.2, -0.15) is 0 Å². The van der Waals surface area contributed by atoms with E-state index in [1.54, 1.807) is 0 Å². The van der Waals surface area contributed by atoms with Crippen LogP contribution >= 0.6 is 0 Å². The molecule has 0 amide bonds. The Kier molecular flexibility index (Phi) is 8.96. The minimum Gasteiger partial charge on any atom is -0.357 e. The summed E-state index contributed by atoms with van der Waals surface area (Å²) in [6.07, 6.45) is 3.71. The molecule has 0 aromatic carbocycles. The van der Waals surface area contributed by atoms with Crippen LogP contribution in [0.15, 0.2) is 4.99 Å². The van der Waals surface area contributed by atoms with E-state index < -0.39 is 0 Å². The standard InChI is InChI=1S/C19H40N4/c1-7-20-18(21-13-10-12-19(4,5)6)23-14-11-17(16-23)15-22(8-2)9-3/h17H,7-16H2,1-6H3,(H,20,21). The molecule has 0 radical (unpaired) electrons. The van der Waals surface area contributed by atoms with E-state index in [1.807, 2.05) is 0 Å². The van der Waals surface area contributed by atoms with Crippen molar-refractivity contribution in [3.8, 4) is 0 Å². The maximum Gasteiger partial charge on any atom is 0.193 e. The molecule has 0 spiro atoms. The topological polar surface area (TPSA) is 30.9 Å². The van der Waals surface area contributed by atoms with Gasteiger partial charge in [-0.25, -0.2) is 0 Å². The molecule has 4 nitrogen and oxygen atoms in total. The van der Waals surface area contributed by atoms with Gasteiger partial charge in [0, 0.05) is 32.7 Å². The summed E-state index contributed by atoms with van der Waals surface area (Å²) < 4.78 is 0. The van der Waals surface area contributed by atoms with Crippen LogP contribution in [0.5, 0.6) is 0 Å². The highest BCUT2D eigenvalue weighted by molar-refractivity contribution is 5.80. The number of nitrogens with zero attached hydrogens (tertiary/aromatic N) is 3. The molecule has 1 heterocycles. The fraction of sp³-hybridized carbons (Fsp3) is 0.947. The van der Waals surface area contributed by atoms with Gasteiger partial charge in [-0.1, -0.05) is 34.6 Å². The van der Waals surface area contributed by atoms with Gasteiger partial charge in [0.05, 0.1) is 0 Å². The summed E-state index contributed by atoms with van der Waals surface area (Å²) in [4.78, 5) is 9.88. The smallest absolute Gasteiger partial charge is 0.193 e. The monoisotopic (exact) mass is 324 g/mol. The number of nitrogens with one attached hydrogen (secondary N) is 1. The fourth-order valence-electron chi connectivity index (χ4n) is 3.24. The molecule has 0 aromatic heterocycles. The van der Waals surface area contributed by atoms with Gasteiger partial charge in [-0.05, 0) is 50.6 Å². The highest BCUT2D eigenvalue weighted by Crippen LogP contribution is 2.21. The Morgan fingerprint density at radius 2 is 1.91 bits per heavy atom. The number of guanidine groups is 1. The second-order valence-corrected chi connectivity index (χ2v) is 7.99. The predicted molar refractivity (Wildman–Crippen MR) is 102 cm³/mol. The van der Waals surface area contributed by atoms with Gasteiger partial charge in [-0.15, -0.1) is 0 Å². The largest absolute Gasteiger partial charge is 0.357 e. The average Bonchev–Trinajstić information content (AvgIpc) is 2.95. The first-order valence-electron chi connectivity index (χ1n) is 9.65. The molecule has 1 aliphatic rings. The molecule has 1 rings (SSSR count). The van der Waals surface area contributed by atoms with Crippen molar-refractivity contribution in [3.63, 3.8) is 0 Å². The van der Waals surface area contributed by atoms with Crippen LogP contribution in [0.4, 0.5) is 0 Å². The van der Waals surface area contributed by atoms with E-state index in [2.05, 4.69) is 56.7 Å². The molecule has 1 N–H and O–H groups in total. The van der Waals surface area contributed by atoms with Crippen LogP contribution in [0, 0.1) is 11.3 Å². The molecule has 136 valence electrons. The molecular weight excluding hydrogens is 284 g/mol. The van der Waals surface area contributed by atoms with Crippen LogP contribution in [0.25, 0.3) is 0 Å². The molecule has 1 aliphatic heterocycles. The van der Waals surface area contributed by atoms with E-state index in [4.69, 9.17) is 4.99 Å². The minimum atomic E-state index is 0.413. The number of likely N-dealkylation sites (tertiary alicyclic amines) is 1. The SMILES string of the molecule is CCNC(=NCCCC(C)(C)C)N1CCC(CN(CC)CC)C1. The molecule has 1 saturated heterocycles. The molecule has 0 aromatic rings. The third-order valence-electron chi connectivity index (χ3n) is 4.68. The van der Waals surface area contributed by atoms with Crippen LogP contribution in [-0.2, 0) is 0 Å². The Bertz CT molecular complexity index is 342. The van der Waals surface area contributed by atoms with E-state index in [-0.39, 0.29) is 0 Å². The van der Waals surface area contributed by atoms with Gasteiger partial charge in [0.15, 0.2) is 5.96 Å². The summed E-state index contributed by atoms with van der Waals surface area (Å²) in [6.45, 7) is 21.3. The molecule has 1 fully saturated rings. The Morgan fingerprint density at radius 1 is 1.22 bits per heavy atom. The summed E-state index contributed by atoms with van der Waals surface area (Å²) in [5.41, 5.74) is 0.413. The molecule has 0 bridgehead atoms. The molecule has 4 heteroatoms. The van der Waals surface area contributed by atoms with Gasteiger partial charge >= 0.3 is 0 Å². The lowest BCUT2D eigenvalue weighted by molar-refractivity contribution is 0.255. The van der Waals surface area contributed by atoms with E-state index in [0.29, 0.717) is 5.41 Å². The van der Waals surface area contributed by atoms with Crippen LogP contribution in [0.2, 0.25) is 0 Å². The first kappa shape index (κ1) is 20.3. The van der Waals surface area contributed by atoms with E-state index in [0.717, 1.165) is 51.1 Å². The van der Waals surface area contributed by atoms with Crippen molar-refractivity contribution in [1.29, 1.82) is 0 Å². The summed E-state index contributed by atoms with van der Waals surface area (Å²) in [5.74, 6) is 1.91. The Labute approximate surface area is 144 Å². The van der Waals surface area contributed by atoms with E-state index in [1.165, 1.54) is 25.8 Å². The highest BCUT2D eigenvalue weighted by atomic mass is 15.3. The van der Waals surface area contributed by atoms with Crippen molar-refractivity contribution in [2.24, 2.45) is 16.3 Å². The molecule has 23 heavy (non-hydrogen) atoms. The maximum atomic E-state index is 4.87. The van der Waals surface area contributed by atoms with E-state index >= 15 is 0 Å². The van der Waals surface area contributed by atoms with Gasteiger partial charge in [0.2, 0.25) is 0 Å². The number of aliphatic imine (C=N–C) groups is 1. The second kappa shape index (κ2) is 10.2. The second-order valence-electron chi connectivity index (χ2n) is 7.99. The molecule has 1 atom stereocenters. The first-order chi connectivity index (χ1) is 10.9. The minimum absolute atomic E-state index is 0.413. The molecule has 1 unspecified atom stereocenters. The Morgan fingerprint density at radius 3 is 2.48 bits per heavy atom. The third-order valence-corrected chi connectivity index (χ3v) is 4.68. The van der Waals surface area contributed by atoms with Crippen molar-refractivity contribution in [3.05, 3.63) is 0 Å². The first-order valence-corrected chi connectivity index (χ1v) is 9.65. The molecule has 0 saturated carbocycles. The van der Waals surface area contributed by atoms with Gasteiger partial charge in [0.1, 0.15) is 0 Å². The molecular formula is C19H40N4. The predicted octanol–water partition coefficient (Wildman–Crippen LogP) is 3.44. The van der Waals surface area contributed by atoms with Crippen molar-refractivity contribution >= 4 is 5.96 Å². The maximum absolute atomic E-state index is 4.87. The van der Waals surface area contributed by atoms with E-state index in [9.17, 15) is 0 Å². The number of rotatable bonds is 8. The highest BCUT2D eigenvalue weighted by Gasteiger charge is 2.25. The summed E-state index contributed by atoms with van der Waals surface area (Å²) in [6, 6.07) is 0. The van der Waals surface area contributed by atoms with Crippen LogP contribution in [0.1, 0.15) is 60.8 Å². The summed E-state index contributed by atoms with van der Waals surface area (Å²) in [5, 5.41) is 3.49. The Balaban J connectivity index is 2.48. The van der Waals surface area contributed by atoms with Crippen molar-refractivity contribution < 1.29 is 0 Å². The normalized spacial score (nSPS) is 19.7. The van der Waals surface area contributed by atoms with Crippen LogP contribution < -0.4 is 5.32 Å². The Hall–Kier alpha value is -0.770. The van der Waals surface area contributed by atoms with Gasteiger partial charge in [0.25, 0.3) is 0 Å².